The van der Waals surface area contributed by atoms with E-state index in [0.717, 1.165) is 6.07 Å². The number of benzene rings is 1. The molecule has 0 radical (unpaired) electrons. The summed E-state index contributed by atoms with van der Waals surface area (Å²) in [4.78, 5) is 36.3. The van der Waals surface area contributed by atoms with E-state index in [9.17, 15) is 18.8 Å². The van der Waals surface area contributed by atoms with Crippen LogP contribution in [0.25, 0.3) is 0 Å². The van der Waals surface area contributed by atoms with Crippen molar-refractivity contribution in [2.45, 2.75) is 13.8 Å². The van der Waals surface area contributed by atoms with Crippen LogP contribution in [0.15, 0.2) is 24.3 Å². The van der Waals surface area contributed by atoms with Gasteiger partial charge in [0.15, 0.2) is 6.61 Å². The van der Waals surface area contributed by atoms with Crippen molar-refractivity contribution in [1.82, 2.24) is 10.2 Å². The first-order chi connectivity index (χ1) is 10.5. The van der Waals surface area contributed by atoms with Crippen molar-refractivity contribution in [2.24, 2.45) is 0 Å². The fourth-order valence-electron chi connectivity index (χ4n) is 1.75. The molecule has 2 amide bonds. The molecule has 0 aliphatic heterocycles. The van der Waals surface area contributed by atoms with E-state index in [-0.39, 0.29) is 18.1 Å². The monoisotopic (exact) mass is 310 g/mol. The highest BCUT2D eigenvalue weighted by atomic mass is 19.1. The molecule has 22 heavy (non-hydrogen) atoms. The van der Waals surface area contributed by atoms with Crippen LogP contribution in [0.1, 0.15) is 24.2 Å². The molecule has 0 saturated carbocycles. The summed E-state index contributed by atoms with van der Waals surface area (Å²) < 4.78 is 18.1. The van der Waals surface area contributed by atoms with Crippen molar-refractivity contribution >= 4 is 17.8 Å². The lowest BCUT2D eigenvalue weighted by atomic mass is 10.2. The Morgan fingerprint density at radius 3 is 2.41 bits per heavy atom. The van der Waals surface area contributed by atoms with Crippen LogP contribution in [0, 0.1) is 5.82 Å². The zero-order valence-corrected chi connectivity index (χ0v) is 12.6. The van der Waals surface area contributed by atoms with E-state index in [1.165, 1.54) is 23.1 Å². The van der Waals surface area contributed by atoms with Gasteiger partial charge in [0.25, 0.3) is 11.8 Å². The van der Waals surface area contributed by atoms with Gasteiger partial charge in [-0.1, -0.05) is 12.1 Å². The average molecular weight is 310 g/mol. The SMILES string of the molecule is CCN(CC)C(=O)COC(=O)CNC(=O)c1ccccc1F. The first-order valence-electron chi connectivity index (χ1n) is 6.95. The number of likely N-dealkylation sites (N-methyl/N-ethyl adjacent to an activating group) is 1. The summed E-state index contributed by atoms with van der Waals surface area (Å²) in [6, 6.07) is 5.42. The largest absolute Gasteiger partial charge is 0.454 e. The zero-order valence-electron chi connectivity index (χ0n) is 12.6. The Morgan fingerprint density at radius 1 is 1.18 bits per heavy atom. The number of hydrogen-bond donors (Lipinski definition) is 1. The number of hydrogen-bond acceptors (Lipinski definition) is 4. The van der Waals surface area contributed by atoms with Crippen molar-refractivity contribution in [1.29, 1.82) is 0 Å². The first-order valence-corrected chi connectivity index (χ1v) is 6.95. The summed E-state index contributed by atoms with van der Waals surface area (Å²) in [7, 11) is 0. The standard InChI is InChI=1S/C15H19FN2O4/c1-3-18(4-2)13(19)10-22-14(20)9-17-15(21)11-7-5-6-8-12(11)16/h5-8H,3-4,9-10H2,1-2H3,(H,17,21). The molecule has 0 aliphatic rings. The third-order valence-electron chi connectivity index (χ3n) is 2.98. The number of nitrogens with one attached hydrogen (secondary N) is 1. The highest BCUT2D eigenvalue weighted by molar-refractivity contribution is 5.96. The molecule has 1 aromatic rings. The third-order valence-corrected chi connectivity index (χ3v) is 2.98. The Hall–Kier alpha value is -2.44. The van der Waals surface area contributed by atoms with Crippen LogP contribution in [-0.2, 0) is 14.3 Å². The number of carbonyl (C=O) groups is 3. The van der Waals surface area contributed by atoms with Crippen LogP contribution >= 0.6 is 0 Å². The minimum atomic E-state index is -0.759. The van der Waals surface area contributed by atoms with Crippen LogP contribution in [0.5, 0.6) is 0 Å². The minimum Gasteiger partial charge on any atom is -0.454 e. The van der Waals surface area contributed by atoms with Crippen LogP contribution in [0.2, 0.25) is 0 Å². The van der Waals surface area contributed by atoms with Gasteiger partial charge in [-0.05, 0) is 26.0 Å². The predicted molar refractivity (Wildman–Crippen MR) is 77.6 cm³/mol. The van der Waals surface area contributed by atoms with Crippen LogP contribution in [-0.4, -0.2) is 48.9 Å². The van der Waals surface area contributed by atoms with Gasteiger partial charge in [-0.15, -0.1) is 0 Å². The number of rotatable bonds is 7. The Morgan fingerprint density at radius 2 is 1.82 bits per heavy atom. The van der Waals surface area contributed by atoms with Gasteiger partial charge in [0.05, 0.1) is 5.56 Å². The van der Waals surface area contributed by atoms with Crippen molar-refractivity contribution < 1.29 is 23.5 Å². The van der Waals surface area contributed by atoms with Crippen molar-refractivity contribution in [3.8, 4) is 0 Å². The quantitative estimate of drug-likeness (QED) is 0.761. The van der Waals surface area contributed by atoms with Gasteiger partial charge < -0.3 is 15.0 Å². The summed E-state index contributed by atoms with van der Waals surface area (Å²) in [6.07, 6.45) is 0. The summed E-state index contributed by atoms with van der Waals surface area (Å²) in [5.41, 5.74) is -0.158. The molecular weight excluding hydrogens is 291 g/mol. The molecule has 0 aliphatic carbocycles. The minimum absolute atomic E-state index is 0.158. The number of halogens is 1. The lowest BCUT2D eigenvalue weighted by Gasteiger charge is -2.18. The summed E-state index contributed by atoms with van der Waals surface area (Å²) in [6.45, 7) is 3.87. The topological polar surface area (TPSA) is 75.7 Å². The molecule has 7 heteroatoms. The molecular formula is C15H19FN2O4. The molecule has 0 aromatic heterocycles. The number of esters is 1. The Bertz CT molecular complexity index is 544. The molecule has 0 saturated heterocycles. The second-order valence-electron chi connectivity index (χ2n) is 4.39. The fourth-order valence-corrected chi connectivity index (χ4v) is 1.75. The Kier molecular flexibility index (Phi) is 7.01. The van der Waals surface area contributed by atoms with Gasteiger partial charge >= 0.3 is 5.97 Å². The molecule has 1 aromatic carbocycles. The van der Waals surface area contributed by atoms with E-state index in [1.54, 1.807) is 0 Å². The number of nitrogens with zero attached hydrogens (tertiary/aromatic N) is 1. The maximum Gasteiger partial charge on any atom is 0.325 e. The van der Waals surface area contributed by atoms with Crippen LogP contribution in [0.3, 0.4) is 0 Å². The van der Waals surface area contributed by atoms with E-state index < -0.39 is 24.2 Å². The zero-order chi connectivity index (χ0) is 16.5. The second kappa shape index (κ2) is 8.76. The van der Waals surface area contributed by atoms with Gasteiger partial charge in [0.2, 0.25) is 0 Å². The Labute approximate surface area is 128 Å². The van der Waals surface area contributed by atoms with E-state index in [2.05, 4.69) is 5.32 Å². The highest BCUT2D eigenvalue weighted by Gasteiger charge is 2.15. The molecule has 0 atom stereocenters. The summed E-state index contributed by atoms with van der Waals surface area (Å²) in [5, 5.41) is 2.24. The van der Waals surface area contributed by atoms with E-state index in [0.29, 0.717) is 13.1 Å². The molecule has 0 bridgehead atoms. The number of ether oxygens (including phenoxy) is 1. The van der Waals surface area contributed by atoms with Crippen LogP contribution in [0.4, 0.5) is 4.39 Å². The van der Waals surface area contributed by atoms with Gasteiger partial charge in [0.1, 0.15) is 12.4 Å². The number of carbonyl (C=O) groups excluding carboxylic acids is 3. The van der Waals surface area contributed by atoms with E-state index in [4.69, 9.17) is 4.74 Å². The van der Waals surface area contributed by atoms with Crippen molar-refractivity contribution in [3.05, 3.63) is 35.6 Å². The Balaban J connectivity index is 2.39. The summed E-state index contributed by atoms with van der Waals surface area (Å²) >= 11 is 0. The summed E-state index contributed by atoms with van der Waals surface area (Å²) in [5.74, 6) is -2.46. The lowest BCUT2D eigenvalue weighted by molar-refractivity contribution is -0.151. The molecule has 0 heterocycles. The molecule has 0 unspecified atom stereocenters. The first kappa shape index (κ1) is 17.6. The maximum atomic E-state index is 13.4. The molecule has 6 nitrogen and oxygen atoms in total. The molecule has 120 valence electrons. The van der Waals surface area contributed by atoms with E-state index in [1.807, 2.05) is 13.8 Å². The van der Waals surface area contributed by atoms with Crippen molar-refractivity contribution in [3.63, 3.8) is 0 Å². The smallest absolute Gasteiger partial charge is 0.325 e. The molecule has 1 N–H and O–H groups in total. The van der Waals surface area contributed by atoms with Gasteiger partial charge in [-0.3, -0.25) is 14.4 Å². The lowest BCUT2D eigenvalue weighted by Crippen LogP contribution is -2.36. The van der Waals surface area contributed by atoms with E-state index >= 15 is 0 Å². The number of amides is 2. The molecule has 0 spiro atoms. The average Bonchev–Trinajstić information content (AvgIpc) is 2.52. The van der Waals surface area contributed by atoms with Crippen molar-refractivity contribution in [2.75, 3.05) is 26.2 Å². The molecule has 0 fully saturated rings. The third kappa shape index (κ3) is 5.16. The molecule has 1 rings (SSSR count). The van der Waals surface area contributed by atoms with Gasteiger partial charge in [-0.25, -0.2) is 4.39 Å². The second-order valence-corrected chi connectivity index (χ2v) is 4.39. The predicted octanol–water partition coefficient (Wildman–Crippen LogP) is 0.967. The van der Waals surface area contributed by atoms with Gasteiger partial charge in [-0.2, -0.15) is 0 Å². The van der Waals surface area contributed by atoms with Gasteiger partial charge in [0, 0.05) is 13.1 Å². The normalized spacial score (nSPS) is 9.95. The highest BCUT2D eigenvalue weighted by Crippen LogP contribution is 2.05. The van der Waals surface area contributed by atoms with Crippen LogP contribution < -0.4 is 5.32 Å². The maximum absolute atomic E-state index is 13.4. The fraction of sp³-hybridized carbons (Fsp3) is 0.400.